The van der Waals surface area contributed by atoms with Crippen molar-refractivity contribution >= 4 is 17.8 Å². The van der Waals surface area contributed by atoms with Gasteiger partial charge >= 0.3 is 5.97 Å². The number of esters is 1. The number of likely N-dealkylation sites (tertiary alicyclic amines) is 2. The summed E-state index contributed by atoms with van der Waals surface area (Å²) < 4.78 is 12.6. The molecule has 1 aromatic rings. The lowest BCUT2D eigenvalue weighted by Crippen LogP contribution is -2.67. The third-order valence-corrected chi connectivity index (χ3v) is 7.23. The minimum atomic E-state index is -0.671. The molecular formula is C22H33N5O5. The van der Waals surface area contributed by atoms with Gasteiger partial charge < -0.3 is 19.3 Å². The quantitative estimate of drug-likeness (QED) is 0.592. The molecule has 3 aliphatic rings. The molecule has 2 amide bonds. The number of hydrogen-bond donors (Lipinski definition) is 0. The summed E-state index contributed by atoms with van der Waals surface area (Å²) in [5.74, 6) is -0.425. The maximum atomic E-state index is 13.6. The zero-order chi connectivity index (χ0) is 22.8. The summed E-state index contributed by atoms with van der Waals surface area (Å²) >= 11 is 0. The van der Waals surface area contributed by atoms with Gasteiger partial charge in [-0.25, -0.2) is 4.98 Å². The molecule has 176 valence electrons. The van der Waals surface area contributed by atoms with Crippen molar-refractivity contribution in [1.82, 2.24) is 24.6 Å². The molecule has 32 heavy (non-hydrogen) atoms. The van der Waals surface area contributed by atoms with Crippen molar-refractivity contribution in [2.75, 3.05) is 46.0 Å². The molecule has 3 saturated heterocycles. The second-order valence-corrected chi connectivity index (χ2v) is 9.54. The zero-order valence-electron chi connectivity index (χ0n) is 19.0. The van der Waals surface area contributed by atoms with Gasteiger partial charge in [0, 0.05) is 44.6 Å². The maximum Gasteiger partial charge on any atom is 0.313 e. The third-order valence-electron chi connectivity index (χ3n) is 7.23. The second kappa shape index (κ2) is 9.17. The van der Waals surface area contributed by atoms with Crippen molar-refractivity contribution in [1.29, 1.82) is 0 Å². The fourth-order valence-corrected chi connectivity index (χ4v) is 5.27. The van der Waals surface area contributed by atoms with E-state index in [-0.39, 0.29) is 29.1 Å². The number of nitrogens with zero attached hydrogens (tertiary/aromatic N) is 5. The Morgan fingerprint density at radius 1 is 1.19 bits per heavy atom. The van der Waals surface area contributed by atoms with Crippen LogP contribution in [0.25, 0.3) is 0 Å². The third kappa shape index (κ3) is 4.37. The molecule has 3 fully saturated rings. The van der Waals surface area contributed by atoms with Crippen LogP contribution in [0.5, 0.6) is 0 Å². The van der Waals surface area contributed by atoms with E-state index in [4.69, 9.17) is 9.47 Å². The highest BCUT2D eigenvalue weighted by Gasteiger charge is 2.55. The maximum absolute atomic E-state index is 13.6. The molecule has 0 bridgehead atoms. The second-order valence-electron chi connectivity index (χ2n) is 9.54. The first kappa shape index (κ1) is 22.7. The fourth-order valence-electron chi connectivity index (χ4n) is 5.27. The SMILES string of the molecule is CCOC(=O)[C@]1(C)CCCN(C(=O)C2COCCC23CN(C(=O)CCn2cncn2)C3)C1. The van der Waals surface area contributed by atoms with Gasteiger partial charge in [-0.1, -0.05) is 0 Å². The Hall–Kier alpha value is -2.49. The molecule has 0 saturated carbocycles. The van der Waals surface area contributed by atoms with E-state index in [1.165, 1.54) is 6.33 Å². The highest BCUT2D eigenvalue weighted by atomic mass is 16.5. The van der Waals surface area contributed by atoms with E-state index in [0.717, 1.165) is 19.3 Å². The van der Waals surface area contributed by atoms with Gasteiger partial charge in [0.15, 0.2) is 0 Å². The standard InChI is InChI=1S/C22H33N5O5/c1-3-32-20(30)21(2)6-4-8-25(12-21)19(29)17-11-31-10-7-22(17)13-26(14-22)18(28)5-9-27-16-23-15-24-27/h15-17H,3-14H2,1-2H3/t17?,21-/m1/s1. The molecule has 0 radical (unpaired) electrons. The first-order valence-corrected chi connectivity index (χ1v) is 11.5. The van der Waals surface area contributed by atoms with Crippen LogP contribution in [-0.4, -0.2) is 88.3 Å². The summed E-state index contributed by atoms with van der Waals surface area (Å²) in [4.78, 5) is 46.2. The van der Waals surface area contributed by atoms with Crippen LogP contribution < -0.4 is 0 Å². The number of ether oxygens (including phenoxy) is 2. The van der Waals surface area contributed by atoms with E-state index >= 15 is 0 Å². The van der Waals surface area contributed by atoms with Crippen LogP contribution in [0.4, 0.5) is 0 Å². The number of rotatable bonds is 6. The predicted octanol–water partition coefficient (Wildman–Crippen LogP) is 0.725. The molecule has 0 aromatic carbocycles. The van der Waals surface area contributed by atoms with E-state index in [0.29, 0.717) is 59.0 Å². The molecule has 0 N–H and O–H groups in total. The Bertz CT molecular complexity index is 838. The van der Waals surface area contributed by atoms with Crippen LogP contribution in [0.15, 0.2) is 12.7 Å². The minimum absolute atomic E-state index is 0.0367. The molecule has 1 spiro atoms. The first-order chi connectivity index (χ1) is 15.4. The lowest BCUT2D eigenvalue weighted by molar-refractivity contribution is -0.178. The number of amides is 2. The topological polar surface area (TPSA) is 107 Å². The Morgan fingerprint density at radius 3 is 2.72 bits per heavy atom. The van der Waals surface area contributed by atoms with E-state index in [2.05, 4.69) is 10.1 Å². The zero-order valence-corrected chi connectivity index (χ0v) is 19.0. The lowest BCUT2D eigenvalue weighted by Gasteiger charge is -2.56. The first-order valence-electron chi connectivity index (χ1n) is 11.5. The lowest BCUT2D eigenvalue weighted by atomic mass is 9.65. The molecule has 1 unspecified atom stereocenters. The van der Waals surface area contributed by atoms with Crippen molar-refractivity contribution < 1.29 is 23.9 Å². The van der Waals surface area contributed by atoms with Crippen LogP contribution in [0.3, 0.4) is 0 Å². The van der Waals surface area contributed by atoms with Crippen LogP contribution in [-0.2, 0) is 30.4 Å². The smallest absolute Gasteiger partial charge is 0.313 e. The average Bonchev–Trinajstić information content (AvgIpc) is 3.29. The van der Waals surface area contributed by atoms with Gasteiger partial charge in [-0.3, -0.25) is 19.1 Å². The number of hydrogen-bond acceptors (Lipinski definition) is 7. The van der Waals surface area contributed by atoms with Gasteiger partial charge in [-0.05, 0) is 33.1 Å². The Labute approximate surface area is 188 Å². The van der Waals surface area contributed by atoms with Gasteiger partial charge in [0.1, 0.15) is 12.7 Å². The number of piperidine rings is 1. The summed E-state index contributed by atoms with van der Waals surface area (Å²) in [5.41, 5.74) is -0.911. The molecule has 10 heteroatoms. The summed E-state index contributed by atoms with van der Waals surface area (Å²) in [6, 6.07) is 0. The average molecular weight is 448 g/mol. The largest absolute Gasteiger partial charge is 0.466 e. The van der Waals surface area contributed by atoms with E-state index in [1.807, 2.05) is 16.7 Å². The normalized spacial score (nSPS) is 27.1. The predicted molar refractivity (Wildman–Crippen MR) is 113 cm³/mol. The number of carbonyl (C=O) groups is 3. The molecule has 1 aromatic heterocycles. The molecule has 3 aliphatic heterocycles. The molecular weight excluding hydrogens is 414 g/mol. The summed E-state index contributed by atoms with van der Waals surface area (Å²) in [6.45, 7) is 7.65. The van der Waals surface area contributed by atoms with Gasteiger partial charge in [0.25, 0.3) is 0 Å². The van der Waals surface area contributed by atoms with Gasteiger partial charge in [-0.2, -0.15) is 5.10 Å². The van der Waals surface area contributed by atoms with E-state index in [9.17, 15) is 14.4 Å². The van der Waals surface area contributed by atoms with Gasteiger partial charge in [0.2, 0.25) is 11.8 Å². The fraction of sp³-hybridized carbons (Fsp3) is 0.773. The van der Waals surface area contributed by atoms with E-state index in [1.54, 1.807) is 17.9 Å². The van der Waals surface area contributed by atoms with Crippen LogP contribution in [0.2, 0.25) is 0 Å². The van der Waals surface area contributed by atoms with Crippen molar-refractivity contribution in [2.24, 2.45) is 16.7 Å². The van der Waals surface area contributed by atoms with Crippen LogP contribution in [0.1, 0.15) is 39.5 Å². The minimum Gasteiger partial charge on any atom is -0.466 e. The number of carbonyl (C=O) groups excluding carboxylic acids is 3. The Morgan fingerprint density at radius 2 is 2.00 bits per heavy atom. The van der Waals surface area contributed by atoms with Crippen molar-refractivity contribution in [3.05, 3.63) is 12.7 Å². The van der Waals surface area contributed by atoms with Gasteiger partial charge in [0.05, 0.1) is 31.1 Å². The highest BCUT2D eigenvalue weighted by Crippen LogP contribution is 2.45. The van der Waals surface area contributed by atoms with Crippen molar-refractivity contribution in [2.45, 2.75) is 46.1 Å². The molecule has 4 rings (SSSR count). The van der Waals surface area contributed by atoms with Crippen molar-refractivity contribution in [3.8, 4) is 0 Å². The Kier molecular flexibility index (Phi) is 6.50. The summed E-state index contributed by atoms with van der Waals surface area (Å²) in [7, 11) is 0. The molecule has 4 heterocycles. The Balaban J connectivity index is 1.37. The molecule has 2 atom stereocenters. The summed E-state index contributed by atoms with van der Waals surface area (Å²) in [5, 5.41) is 4.03. The summed E-state index contributed by atoms with van der Waals surface area (Å²) in [6.07, 6.45) is 5.66. The van der Waals surface area contributed by atoms with Crippen LogP contribution in [0, 0.1) is 16.7 Å². The van der Waals surface area contributed by atoms with Crippen molar-refractivity contribution in [3.63, 3.8) is 0 Å². The molecule has 0 aliphatic carbocycles. The number of aryl methyl sites for hydroxylation is 1. The monoisotopic (exact) mass is 447 g/mol. The molecule has 10 nitrogen and oxygen atoms in total. The highest BCUT2D eigenvalue weighted by molar-refractivity contribution is 5.84. The van der Waals surface area contributed by atoms with E-state index < -0.39 is 5.41 Å². The number of aromatic nitrogens is 3. The van der Waals surface area contributed by atoms with Gasteiger partial charge in [-0.15, -0.1) is 0 Å². The van der Waals surface area contributed by atoms with Crippen LogP contribution >= 0.6 is 0 Å².